The number of halogens is 1. The van der Waals surface area contributed by atoms with Gasteiger partial charge in [-0.25, -0.2) is 14.4 Å². The van der Waals surface area contributed by atoms with E-state index in [1.54, 1.807) is 12.1 Å². The molecule has 1 aromatic carbocycles. The summed E-state index contributed by atoms with van der Waals surface area (Å²) in [5.41, 5.74) is 1.76. The third kappa shape index (κ3) is 3.81. The number of hydrogen-bond acceptors (Lipinski definition) is 4. The average molecular weight is 342 g/mol. The molecule has 1 saturated heterocycles. The number of benzene rings is 1. The second-order valence-electron chi connectivity index (χ2n) is 5.92. The van der Waals surface area contributed by atoms with Gasteiger partial charge in [-0.3, -0.25) is 14.5 Å². The van der Waals surface area contributed by atoms with E-state index < -0.39 is 5.82 Å². The fourth-order valence-electron chi connectivity index (χ4n) is 2.79. The summed E-state index contributed by atoms with van der Waals surface area (Å²) in [6.07, 6.45) is 4.06. The molecule has 6 nitrogen and oxygen atoms in total. The smallest absolute Gasteiger partial charge is 0.254 e. The zero-order valence-corrected chi connectivity index (χ0v) is 14.0. The number of amides is 2. The van der Waals surface area contributed by atoms with Gasteiger partial charge in [0.05, 0.1) is 12.4 Å². The van der Waals surface area contributed by atoms with Crippen molar-refractivity contribution in [3.63, 3.8) is 0 Å². The van der Waals surface area contributed by atoms with E-state index in [0.717, 1.165) is 25.2 Å². The Morgan fingerprint density at radius 3 is 2.44 bits per heavy atom. The zero-order chi connectivity index (χ0) is 17.8. The first-order valence-corrected chi connectivity index (χ1v) is 8.24. The number of anilines is 1. The molecule has 1 aromatic heterocycles. The molecule has 0 saturated carbocycles. The summed E-state index contributed by atoms with van der Waals surface area (Å²) in [6, 6.07) is 7.49. The molecule has 7 heteroatoms. The van der Waals surface area contributed by atoms with Gasteiger partial charge in [-0.05, 0) is 24.1 Å². The highest BCUT2D eigenvalue weighted by atomic mass is 19.1. The highest BCUT2D eigenvalue weighted by Crippen LogP contribution is 2.15. The molecule has 130 valence electrons. The molecule has 0 unspecified atom stereocenters. The Hall–Kier alpha value is -2.83. The van der Waals surface area contributed by atoms with Crippen molar-refractivity contribution in [2.24, 2.45) is 0 Å². The summed E-state index contributed by atoms with van der Waals surface area (Å²) in [6.45, 7) is 2.72. The summed E-state index contributed by atoms with van der Waals surface area (Å²) < 4.78 is 12.9. The van der Waals surface area contributed by atoms with Crippen LogP contribution < -0.4 is 4.90 Å². The quantitative estimate of drug-likeness (QED) is 0.853. The molecule has 1 fully saturated rings. The third-order valence-electron chi connectivity index (χ3n) is 4.10. The maximum atomic E-state index is 12.9. The van der Waals surface area contributed by atoms with Crippen LogP contribution >= 0.6 is 0 Å². The van der Waals surface area contributed by atoms with Crippen molar-refractivity contribution >= 4 is 17.8 Å². The van der Waals surface area contributed by atoms with Crippen molar-refractivity contribution in [3.05, 3.63) is 53.6 Å². The second kappa shape index (κ2) is 7.38. The van der Waals surface area contributed by atoms with Crippen LogP contribution in [0, 0.1) is 5.82 Å². The summed E-state index contributed by atoms with van der Waals surface area (Å²) in [5, 5.41) is 0. The SMILES string of the molecule is CCCc1ccc(C(=O)N2CCN(c3ncc(F)cn3)C(=O)C2)cc1. The van der Waals surface area contributed by atoms with Crippen molar-refractivity contribution in [2.75, 3.05) is 24.5 Å². The fraction of sp³-hybridized carbons (Fsp3) is 0.333. The van der Waals surface area contributed by atoms with Gasteiger partial charge in [-0.2, -0.15) is 0 Å². The largest absolute Gasteiger partial charge is 0.328 e. The first-order chi connectivity index (χ1) is 12.1. The van der Waals surface area contributed by atoms with E-state index in [2.05, 4.69) is 16.9 Å². The van der Waals surface area contributed by atoms with Crippen LogP contribution in [0.5, 0.6) is 0 Å². The molecular formula is C18H19FN4O2. The number of carbonyl (C=O) groups is 2. The maximum Gasteiger partial charge on any atom is 0.254 e. The Morgan fingerprint density at radius 1 is 1.16 bits per heavy atom. The van der Waals surface area contributed by atoms with E-state index >= 15 is 0 Å². The molecule has 0 radical (unpaired) electrons. The van der Waals surface area contributed by atoms with Crippen LogP contribution in [0.3, 0.4) is 0 Å². The van der Waals surface area contributed by atoms with Crippen LogP contribution in [-0.2, 0) is 11.2 Å². The van der Waals surface area contributed by atoms with Crippen LogP contribution in [0.15, 0.2) is 36.7 Å². The molecule has 1 aliphatic rings. The fourth-order valence-corrected chi connectivity index (χ4v) is 2.79. The normalized spacial score (nSPS) is 14.7. The molecule has 2 amide bonds. The Labute approximate surface area is 145 Å². The van der Waals surface area contributed by atoms with Gasteiger partial charge in [0, 0.05) is 18.7 Å². The van der Waals surface area contributed by atoms with Gasteiger partial charge in [0.25, 0.3) is 5.91 Å². The molecule has 2 heterocycles. The summed E-state index contributed by atoms with van der Waals surface area (Å²) >= 11 is 0. The number of nitrogens with zero attached hydrogens (tertiary/aromatic N) is 4. The predicted molar refractivity (Wildman–Crippen MR) is 90.7 cm³/mol. The van der Waals surface area contributed by atoms with E-state index in [0.29, 0.717) is 12.1 Å². The molecular weight excluding hydrogens is 323 g/mol. The molecule has 25 heavy (non-hydrogen) atoms. The molecule has 0 N–H and O–H groups in total. The standard InChI is InChI=1S/C18H19FN4O2/c1-2-3-13-4-6-14(7-5-13)17(25)22-8-9-23(16(24)12-22)18-20-10-15(19)11-21-18/h4-7,10-11H,2-3,8-9,12H2,1H3. The highest BCUT2D eigenvalue weighted by molar-refractivity contribution is 6.00. The minimum atomic E-state index is -0.559. The van der Waals surface area contributed by atoms with E-state index in [9.17, 15) is 14.0 Å². The lowest BCUT2D eigenvalue weighted by atomic mass is 10.1. The first kappa shape index (κ1) is 17.0. The highest BCUT2D eigenvalue weighted by Gasteiger charge is 2.29. The van der Waals surface area contributed by atoms with Gasteiger partial charge >= 0.3 is 0 Å². The monoisotopic (exact) mass is 342 g/mol. The van der Waals surface area contributed by atoms with Crippen molar-refractivity contribution in [1.82, 2.24) is 14.9 Å². The molecule has 0 bridgehead atoms. The zero-order valence-electron chi connectivity index (χ0n) is 14.0. The van der Waals surface area contributed by atoms with Crippen LogP contribution in [0.25, 0.3) is 0 Å². The van der Waals surface area contributed by atoms with Gasteiger partial charge in [-0.15, -0.1) is 0 Å². The van der Waals surface area contributed by atoms with Gasteiger partial charge < -0.3 is 4.90 Å². The molecule has 3 rings (SSSR count). The Bertz CT molecular complexity index is 762. The number of hydrogen-bond donors (Lipinski definition) is 0. The summed E-state index contributed by atoms with van der Waals surface area (Å²) in [5.74, 6) is -0.858. The lowest BCUT2D eigenvalue weighted by Crippen LogP contribution is -2.52. The second-order valence-corrected chi connectivity index (χ2v) is 5.92. The number of rotatable bonds is 4. The van der Waals surface area contributed by atoms with Crippen LogP contribution in [0.4, 0.5) is 10.3 Å². The van der Waals surface area contributed by atoms with Crippen molar-refractivity contribution in [2.45, 2.75) is 19.8 Å². The van der Waals surface area contributed by atoms with Crippen molar-refractivity contribution < 1.29 is 14.0 Å². The lowest BCUT2D eigenvalue weighted by Gasteiger charge is -2.33. The third-order valence-corrected chi connectivity index (χ3v) is 4.10. The molecule has 0 aliphatic carbocycles. The number of aryl methyl sites for hydroxylation is 1. The molecule has 2 aromatic rings. The van der Waals surface area contributed by atoms with Gasteiger partial charge in [0.2, 0.25) is 11.9 Å². The maximum absolute atomic E-state index is 12.9. The number of carbonyl (C=O) groups excluding carboxylic acids is 2. The summed E-state index contributed by atoms with van der Waals surface area (Å²) in [7, 11) is 0. The topological polar surface area (TPSA) is 66.4 Å². The first-order valence-electron chi connectivity index (χ1n) is 8.24. The van der Waals surface area contributed by atoms with Crippen molar-refractivity contribution in [3.8, 4) is 0 Å². The van der Waals surface area contributed by atoms with E-state index in [4.69, 9.17) is 0 Å². The van der Waals surface area contributed by atoms with E-state index in [1.165, 1.54) is 15.4 Å². The number of piperazine rings is 1. The molecule has 0 atom stereocenters. The van der Waals surface area contributed by atoms with Gasteiger partial charge in [0.15, 0.2) is 5.82 Å². The van der Waals surface area contributed by atoms with Crippen molar-refractivity contribution in [1.29, 1.82) is 0 Å². The predicted octanol–water partition coefficient (Wildman–Crippen LogP) is 2.06. The van der Waals surface area contributed by atoms with Gasteiger partial charge in [-0.1, -0.05) is 25.5 Å². The Balaban J connectivity index is 1.66. The van der Waals surface area contributed by atoms with E-state index in [1.807, 2.05) is 12.1 Å². The Morgan fingerprint density at radius 2 is 1.84 bits per heavy atom. The minimum Gasteiger partial charge on any atom is -0.328 e. The van der Waals surface area contributed by atoms with Crippen LogP contribution in [0.2, 0.25) is 0 Å². The van der Waals surface area contributed by atoms with Gasteiger partial charge in [0.1, 0.15) is 6.54 Å². The van der Waals surface area contributed by atoms with E-state index in [-0.39, 0.29) is 30.9 Å². The average Bonchev–Trinajstić information content (AvgIpc) is 2.63. The molecule has 1 aliphatic heterocycles. The lowest BCUT2D eigenvalue weighted by molar-refractivity contribution is -0.120. The summed E-state index contributed by atoms with van der Waals surface area (Å²) in [4.78, 5) is 35.4. The number of aromatic nitrogens is 2. The minimum absolute atomic E-state index is 0.0454. The van der Waals surface area contributed by atoms with Crippen LogP contribution in [0.1, 0.15) is 29.3 Å². The Kier molecular flexibility index (Phi) is 5.02. The molecule has 0 spiro atoms. The van der Waals surface area contributed by atoms with Crippen LogP contribution in [-0.4, -0.2) is 46.3 Å².